The topological polar surface area (TPSA) is 67.1 Å². The molecule has 0 aliphatic carbocycles. The van der Waals surface area contributed by atoms with E-state index < -0.39 is 0 Å². The number of fused-ring (bicyclic) bond motifs is 1. The van der Waals surface area contributed by atoms with E-state index in [2.05, 4.69) is 50.0 Å². The molecule has 24 heavy (non-hydrogen) atoms. The van der Waals surface area contributed by atoms with Gasteiger partial charge in [0.25, 0.3) is 0 Å². The largest absolute Gasteiger partial charge is 0.356 e. The molecule has 0 fully saturated rings. The monoisotopic (exact) mass is 322 g/mol. The molecule has 0 saturated carbocycles. The lowest BCUT2D eigenvalue weighted by atomic mass is 10.1. The van der Waals surface area contributed by atoms with E-state index in [0.29, 0.717) is 6.54 Å². The van der Waals surface area contributed by atoms with Gasteiger partial charge >= 0.3 is 0 Å². The van der Waals surface area contributed by atoms with E-state index in [0.717, 1.165) is 41.9 Å². The van der Waals surface area contributed by atoms with E-state index >= 15 is 0 Å². The first-order valence-corrected chi connectivity index (χ1v) is 8.11. The molecule has 0 amide bonds. The molecular weight excluding hydrogens is 300 g/mol. The first-order valence-electron chi connectivity index (χ1n) is 8.11. The molecule has 0 aliphatic rings. The third kappa shape index (κ3) is 4.10. The summed E-state index contributed by atoms with van der Waals surface area (Å²) in [6.07, 6.45) is 6.58. The maximum absolute atomic E-state index is 4.48. The van der Waals surface area contributed by atoms with Crippen molar-refractivity contribution in [2.75, 3.05) is 13.6 Å². The number of nitrogens with zero attached hydrogens (tertiary/aromatic N) is 4. The van der Waals surface area contributed by atoms with Gasteiger partial charge in [-0.1, -0.05) is 24.3 Å². The van der Waals surface area contributed by atoms with Crippen molar-refractivity contribution in [1.82, 2.24) is 25.4 Å². The normalized spacial score (nSPS) is 11.6. The van der Waals surface area contributed by atoms with Crippen LogP contribution in [0.1, 0.15) is 12.0 Å². The molecule has 6 nitrogen and oxygen atoms in total. The number of pyridine rings is 1. The maximum Gasteiger partial charge on any atom is 0.191 e. The number of hydrogen-bond donors (Lipinski definition) is 2. The van der Waals surface area contributed by atoms with Gasteiger partial charge in [-0.05, 0) is 24.1 Å². The van der Waals surface area contributed by atoms with Crippen LogP contribution >= 0.6 is 0 Å². The summed E-state index contributed by atoms with van der Waals surface area (Å²) in [5, 5.41) is 12.0. The molecule has 2 N–H and O–H groups in total. The molecule has 0 unspecified atom stereocenters. The Bertz CT molecular complexity index is 789. The number of para-hydroxylation sites is 1. The smallest absolute Gasteiger partial charge is 0.191 e. The molecule has 3 rings (SSSR count). The maximum atomic E-state index is 4.48. The summed E-state index contributed by atoms with van der Waals surface area (Å²) in [7, 11) is 1.78. The molecule has 1 aromatic carbocycles. The van der Waals surface area contributed by atoms with Crippen molar-refractivity contribution in [3.8, 4) is 0 Å². The van der Waals surface area contributed by atoms with Gasteiger partial charge in [0.1, 0.15) is 0 Å². The average molecular weight is 322 g/mol. The van der Waals surface area contributed by atoms with Crippen LogP contribution in [0.15, 0.2) is 60.0 Å². The summed E-state index contributed by atoms with van der Waals surface area (Å²) < 4.78 is 1.93. The average Bonchev–Trinajstić information content (AvgIpc) is 3.14. The van der Waals surface area contributed by atoms with Crippen LogP contribution < -0.4 is 10.6 Å². The van der Waals surface area contributed by atoms with Gasteiger partial charge in [-0.25, -0.2) is 0 Å². The molecule has 6 heteroatoms. The minimum absolute atomic E-state index is 0.688. The molecule has 0 spiro atoms. The molecule has 2 heterocycles. The van der Waals surface area contributed by atoms with Crippen molar-refractivity contribution >= 4 is 16.9 Å². The van der Waals surface area contributed by atoms with Crippen molar-refractivity contribution < 1.29 is 0 Å². The molecule has 3 aromatic rings. The summed E-state index contributed by atoms with van der Waals surface area (Å²) >= 11 is 0. The Morgan fingerprint density at radius 3 is 2.88 bits per heavy atom. The Morgan fingerprint density at radius 1 is 1.12 bits per heavy atom. The zero-order valence-electron chi connectivity index (χ0n) is 13.8. The molecule has 0 saturated heterocycles. The summed E-state index contributed by atoms with van der Waals surface area (Å²) in [4.78, 5) is 8.75. The van der Waals surface area contributed by atoms with Crippen molar-refractivity contribution in [2.45, 2.75) is 19.5 Å². The first kappa shape index (κ1) is 16.0. The molecule has 0 aliphatic heterocycles. The van der Waals surface area contributed by atoms with Crippen LogP contribution in [0.25, 0.3) is 10.9 Å². The highest BCUT2D eigenvalue weighted by Crippen LogP contribution is 2.15. The second kappa shape index (κ2) is 8.10. The molecule has 0 atom stereocenters. The van der Waals surface area contributed by atoms with Gasteiger partial charge in [0.15, 0.2) is 5.96 Å². The second-order valence-corrected chi connectivity index (χ2v) is 5.47. The highest BCUT2D eigenvalue weighted by atomic mass is 15.3. The van der Waals surface area contributed by atoms with Crippen LogP contribution in [-0.2, 0) is 13.1 Å². The zero-order valence-corrected chi connectivity index (χ0v) is 13.8. The van der Waals surface area contributed by atoms with E-state index in [4.69, 9.17) is 0 Å². The lowest BCUT2D eigenvalue weighted by Gasteiger charge is -2.13. The molecule has 2 aromatic heterocycles. The summed E-state index contributed by atoms with van der Waals surface area (Å²) in [6, 6.07) is 12.2. The molecule has 0 radical (unpaired) electrons. The van der Waals surface area contributed by atoms with Crippen LogP contribution in [-0.4, -0.2) is 34.3 Å². The van der Waals surface area contributed by atoms with Gasteiger partial charge in [-0.3, -0.25) is 14.7 Å². The molecule has 124 valence electrons. The number of benzene rings is 1. The van der Waals surface area contributed by atoms with Crippen molar-refractivity contribution in [2.24, 2.45) is 4.99 Å². The van der Waals surface area contributed by atoms with Crippen molar-refractivity contribution in [3.05, 3.63) is 60.6 Å². The van der Waals surface area contributed by atoms with Crippen LogP contribution in [0.5, 0.6) is 0 Å². The van der Waals surface area contributed by atoms with Crippen LogP contribution in [0.2, 0.25) is 0 Å². The predicted molar refractivity (Wildman–Crippen MR) is 96.8 cm³/mol. The summed E-state index contributed by atoms with van der Waals surface area (Å²) in [6.45, 7) is 2.42. The van der Waals surface area contributed by atoms with Gasteiger partial charge < -0.3 is 10.6 Å². The number of guanidine groups is 1. The quantitative estimate of drug-likeness (QED) is 0.415. The highest BCUT2D eigenvalue weighted by Gasteiger charge is 2.03. The summed E-state index contributed by atoms with van der Waals surface area (Å²) in [5.74, 6) is 0.795. The fraction of sp³-hybridized carbons (Fsp3) is 0.278. The number of hydrogen-bond acceptors (Lipinski definition) is 3. The van der Waals surface area contributed by atoms with E-state index in [-0.39, 0.29) is 0 Å². The lowest BCUT2D eigenvalue weighted by Crippen LogP contribution is -2.37. The number of rotatable bonds is 6. The number of aliphatic imine (C=N–C) groups is 1. The van der Waals surface area contributed by atoms with Crippen LogP contribution in [0, 0.1) is 0 Å². The SMILES string of the molecule is CN=C(NCCCn1cccn1)NCc1cccc2cccnc12. The minimum Gasteiger partial charge on any atom is -0.356 e. The number of nitrogens with one attached hydrogen (secondary N) is 2. The fourth-order valence-electron chi connectivity index (χ4n) is 2.59. The van der Waals surface area contributed by atoms with Crippen LogP contribution in [0.4, 0.5) is 0 Å². The fourth-order valence-corrected chi connectivity index (χ4v) is 2.59. The highest BCUT2D eigenvalue weighted by molar-refractivity contribution is 5.83. The van der Waals surface area contributed by atoms with Gasteiger partial charge in [0, 0.05) is 50.7 Å². The van der Waals surface area contributed by atoms with E-state index in [1.807, 2.05) is 29.2 Å². The number of aryl methyl sites for hydroxylation is 1. The first-order chi connectivity index (χ1) is 11.9. The Hall–Kier alpha value is -2.89. The van der Waals surface area contributed by atoms with Gasteiger partial charge in [0.2, 0.25) is 0 Å². The molecular formula is C18H22N6. The Morgan fingerprint density at radius 2 is 2.04 bits per heavy atom. The van der Waals surface area contributed by atoms with Crippen LogP contribution in [0.3, 0.4) is 0 Å². The predicted octanol–water partition coefficient (Wildman–Crippen LogP) is 2.19. The zero-order chi connectivity index (χ0) is 16.6. The Labute approximate surface area is 141 Å². The minimum atomic E-state index is 0.688. The third-order valence-electron chi connectivity index (χ3n) is 3.80. The van der Waals surface area contributed by atoms with Gasteiger partial charge in [-0.2, -0.15) is 5.10 Å². The Kier molecular flexibility index (Phi) is 5.40. The van der Waals surface area contributed by atoms with E-state index in [9.17, 15) is 0 Å². The second-order valence-electron chi connectivity index (χ2n) is 5.47. The van der Waals surface area contributed by atoms with E-state index in [1.54, 1.807) is 13.2 Å². The lowest BCUT2D eigenvalue weighted by molar-refractivity contribution is 0.570. The summed E-state index contributed by atoms with van der Waals surface area (Å²) in [5.41, 5.74) is 2.19. The van der Waals surface area contributed by atoms with Gasteiger partial charge in [-0.15, -0.1) is 0 Å². The van der Waals surface area contributed by atoms with Crippen molar-refractivity contribution in [1.29, 1.82) is 0 Å². The van der Waals surface area contributed by atoms with Gasteiger partial charge in [0.05, 0.1) is 5.52 Å². The van der Waals surface area contributed by atoms with Crippen molar-refractivity contribution in [3.63, 3.8) is 0 Å². The third-order valence-corrected chi connectivity index (χ3v) is 3.80. The standard InChI is InChI=1S/C18H22N6/c1-19-18(21-10-4-12-24-13-5-11-23-24)22-14-16-7-2-6-15-8-3-9-20-17(15)16/h2-3,5-9,11,13H,4,10,12,14H2,1H3,(H2,19,21,22). The molecule has 0 bridgehead atoms. The Balaban J connectivity index is 1.50. The van der Waals surface area contributed by atoms with E-state index in [1.165, 1.54) is 0 Å². The number of aromatic nitrogens is 3.